The van der Waals surface area contributed by atoms with Crippen LogP contribution >= 0.6 is 0 Å². The molecule has 0 fully saturated rings. The Morgan fingerprint density at radius 2 is 1.70 bits per heavy atom. The number of carbonyl (C=O) groups is 1. The Morgan fingerprint density at radius 3 is 2.33 bits per heavy atom. The van der Waals surface area contributed by atoms with E-state index >= 15 is 0 Å². The van der Waals surface area contributed by atoms with Crippen molar-refractivity contribution in [2.45, 2.75) is 20.0 Å². The van der Waals surface area contributed by atoms with Crippen molar-refractivity contribution in [2.24, 2.45) is 0 Å². The molecule has 0 unspecified atom stereocenters. The molecule has 0 bridgehead atoms. The topological polar surface area (TPSA) is 87.2 Å². The van der Waals surface area contributed by atoms with E-state index in [1.807, 2.05) is 73.7 Å². The summed E-state index contributed by atoms with van der Waals surface area (Å²) >= 11 is 0. The molecule has 3 aromatic carbocycles. The smallest absolute Gasteiger partial charge is 0.279 e. The molecule has 4 aromatic rings. The van der Waals surface area contributed by atoms with Gasteiger partial charge in [-0.25, -0.2) is 4.68 Å². The van der Waals surface area contributed by atoms with Crippen LogP contribution in [-0.4, -0.2) is 15.7 Å². The standard InChI is InChI=1S/C27H24N2O4/c1-2-6-25-24(26(30)29(28-25)22-7-4-3-5-8-22)17-19-11-15-23(16-12-19)33-18-20-9-13-21(14-10-20)27(31)32/h3-17,28H,2,18H2,1H3,(H,31,32)/p-1. The largest absolute Gasteiger partial charge is 0.545 e. The summed E-state index contributed by atoms with van der Waals surface area (Å²) < 4.78 is 7.34. The number of nitrogens with one attached hydrogen (secondary N) is 1. The summed E-state index contributed by atoms with van der Waals surface area (Å²) in [5, 5.41) is 15.4. The van der Waals surface area contributed by atoms with Crippen LogP contribution in [0.4, 0.5) is 0 Å². The molecule has 1 N–H and O–H groups in total. The van der Waals surface area contributed by atoms with Crippen molar-refractivity contribution in [3.05, 3.63) is 116 Å². The lowest BCUT2D eigenvalue weighted by atomic mass is 10.1. The number of H-pyrrole nitrogens is 1. The Labute approximate surface area is 190 Å². The SMILES string of the molecule is CCC=c1[nH]n(-c2ccccc2)c(=O)c1=Cc1ccc(OCc2ccc(C(=O)[O-])cc2)cc1. The number of hydrogen-bond acceptors (Lipinski definition) is 4. The van der Waals surface area contributed by atoms with Crippen LogP contribution in [0.2, 0.25) is 0 Å². The van der Waals surface area contributed by atoms with E-state index in [9.17, 15) is 14.7 Å². The lowest BCUT2D eigenvalue weighted by Crippen LogP contribution is -2.34. The number of nitrogens with zero attached hydrogens (tertiary/aromatic N) is 1. The molecule has 0 saturated heterocycles. The number of rotatable bonds is 7. The normalized spacial score (nSPS) is 12.2. The monoisotopic (exact) mass is 439 g/mol. The molecule has 1 aromatic heterocycles. The van der Waals surface area contributed by atoms with Crippen LogP contribution in [0.15, 0.2) is 83.7 Å². The van der Waals surface area contributed by atoms with Crippen molar-refractivity contribution in [1.82, 2.24) is 9.78 Å². The molecule has 0 atom stereocenters. The third-order valence-electron chi connectivity index (χ3n) is 5.16. The van der Waals surface area contributed by atoms with E-state index in [0.29, 0.717) is 17.6 Å². The van der Waals surface area contributed by atoms with Crippen LogP contribution in [0.1, 0.15) is 34.8 Å². The lowest BCUT2D eigenvalue weighted by Gasteiger charge is -2.08. The number of aromatic amines is 1. The molecule has 4 rings (SSSR count). The molecule has 0 radical (unpaired) electrons. The van der Waals surface area contributed by atoms with E-state index < -0.39 is 5.97 Å². The third kappa shape index (κ3) is 5.13. The van der Waals surface area contributed by atoms with Gasteiger partial charge < -0.3 is 14.6 Å². The van der Waals surface area contributed by atoms with Gasteiger partial charge >= 0.3 is 0 Å². The fraction of sp³-hybridized carbons (Fsp3) is 0.111. The summed E-state index contributed by atoms with van der Waals surface area (Å²) in [6, 6.07) is 23.3. The number of aromatic carboxylic acids is 1. The zero-order valence-electron chi connectivity index (χ0n) is 18.2. The molecule has 33 heavy (non-hydrogen) atoms. The van der Waals surface area contributed by atoms with Gasteiger partial charge in [-0.1, -0.05) is 67.6 Å². The Kier molecular flexibility index (Phi) is 6.55. The van der Waals surface area contributed by atoms with Gasteiger partial charge in [-0.3, -0.25) is 9.89 Å². The first-order valence-corrected chi connectivity index (χ1v) is 10.7. The Hall–Kier alpha value is -4.32. The van der Waals surface area contributed by atoms with Crippen LogP contribution in [0.25, 0.3) is 17.8 Å². The number of carboxylic acid groups (broad SMARTS) is 1. The second kappa shape index (κ2) is 9.87. The van der Waals surface area contributed by atoms with E-state index in [2.05, 4.69) is 5.10 Å². The van der Waals surface area contributed by atoms with E-state index in [0.717, 1.165) is 28.6 Å². The molecule has 0 aliphatic rings. The minimum Gasteiger partial charge on any atom is -0.545 e. The maximum absolute atomic E-state index is 13.1. The first kappa shape index (κ1) is 21.9. The van der Waals surface area contributed by atoms with E-state index in [1.165, 1.54) is 12.1 Å². The number of hydrogen-bond donors (Lipinski definition) is 1. The highest BCUT2D eigenvalue weighted by Crippen LogP contribution is 2.15. The maximum atomic E-state index is 13.1. The first-order chi connectivity index (χ1) is 16.0. The van der Waals surface area contributed by atoms with Gasteiger partial charge in [0, 0.05) is 0 Å². The van der Waals surface area contributed by atoms with Crippen molar-refractivity contribution < 1.29 is 14.6 Å². The van der Waals surface area contributed by atoms with Crippen molar-refractivity contribution in [3.8, 4) is 11.4 Å². The van der Waals surface area contributed by atoms with Gasteiger partial charge in [0.25, 0.3) is 5.56 Å². The van der Waals surface area contributed by atoms with Crippen molar-refractivity contribution in [3.63, 3.8) is 0 Å². The van der Waals surface area contributed by atoms with Crippen LogP contribution < -0.4 is 26.0 Å². The van der Waals surface area contributed by atoms with Crippen molar-refractivity contribution >= 4 is 18.1 Å². The molecule has 0 amide bonds. The average molecular weight is 439 g/mol. The zero-order chi connectivity index (χ0) is 23.2. The molecule has 0 aliphatic carbocycles. The van der Waals surface area contributed by atoms with Crippen molar-refractivity contribution in [2.75, 3.05) is 0 Å². The maximum Gasteiger partial charge on any atom is 0.279 e. The van der Waals surface area contributed by atoms with Crippen LogP contribution in [0.5, 0.6) is 5.75 Å². The van der Waals surface area contributed by atoms with E-state index in [4.69, 9.17) is 4.74 Å². The number of benzene rings is 3. The minimum atomic E-state index is -1.20. The molecule has 166 valence electrons. The Morgan fingerprint density at radius 1 is 1.00 bits per heavy atom. The molecular formula is C27H23N2O4-. The second-order valence-electron chi connectivity index (χ2n) is 7.51. The van der Waals surface area contributed by atoms with Gasteiger partial charge in [-0.05, 0) is 53.5 Å². The molecule has 0 aliphatic heterocycles. The predicted molar refractivity (Wildman–Crippen MR) is 126 cm³/mol. The molecule has 1 heterocycles. The third-order valence-corrected chi connectivity index (χ3v) is 5.16. The average Bonchev–Trinajstić information content (AvgIpc) is 3.14. The molecule has 6 heteroatoms. The number of aromatic nitrogens is 2. The Bertz CT molecular complexity index is 1410. The van der Waals surface area contributed by atoms with Gasteiger partial charge in [0.1, 0.15) is 12.4 Å². The highest BCUT2D eigenvalue weighted by molar-refractivity contribution is 5.85. The number of carboxylic acids is 1. The zero-order valence-corrected chi connectivity index (χ0v) is 18.2. The fourth-order valence-electron chi connectivity index (χ4n) is 3.46. The quantitative estimate of drug-likeness (QED) is 0.478. The lowest BCUT2D eigenvalue weighted by molar-refractivity contribution is -0.255. The number of carbonyl (C=O) groups excluding carboxylic acids is 1. The summed E-state index contributed by atoms with van der Waals surface area (Å²) in [5.41, 5.74) is 2.53. The summed E-state index contributed by atoms with van der Waals surface area (Å²) in [6.45, 7) is 2.34. The van der Waals surface area contributed by atoms with Gasteiger partial charge in [-0.2, -0.15) is 0 Å². The van der Waals surface area contributed by atoms with Gasteiger partial charge in [0.2, 0.25) is 0 Å². The van der Waals surface area contributed by atoms with Crippen LogP contribution in [0, 0.1) is 0 Å². The fourth-order valence-corrected chi connectivity index (χ4v) is 3.46. The highest BCUT2D eigenvalue weighted by atomic mass is 16.5. The van der Waals surface area contributed by atoms with Crippen LogP contribution in [0.3, 0.4) is 0 Å². The predicted octanol–water partition coefficient (Wildman–Crippen LogP) is 2.13. The van der Waals surface area contributed by atoms with Crippen molar-refractivity contribution in [1.29, 1.82) is 0 Å². The molecular weight excluding hydrogens is 416 g/mol. The van der Waals surface area contributed by atoms with Gasteiger partial charge in [0.05, 0.1) is 22.2 Å². The van der Waals surface area contributed by atoms with Crippen LogP contribution in [-0.2, 0) is 6.61 Å². The summed E-state index contributed by atoms with van der Waals surface area (Å²) in [6.07, 6.45) is 4.66. The first-order valence-electron chi connectivity index (χ1n) is 10.7. The number of para-hydroxylation sites is 1. The van der Waals surface area contributed by atoms with E-state index in [1.54, 1.807) is 16.8 Å². The summed E-state index contributed by atoms with van der Waals surface area (Å²) in [5.74, 6) is -0.529. The van der Waals surface area contributed by atoms with Gasteiger partial charge in [-0.15, -0.1) is 0 Å². The molecule has 0 saturated carbocycles. The molecule has 6 nitrogen and oxygen atoms in total. The second-order valence-corrected chi connectivity index (χ2v) is 7.51. The molecule has 0 spiro atoms. The van der Waals surface area contributed by atoms with E-state index in [-0.39, 0.29) is 11.1 Å². The Balaban J connectivity index is 1.56. The summed E-state index contributed by atoms with van der Waals surface area (Å²) in [4.78, 5) is 23.9. The highest BCUT2D eigenvalue weighted by Gasteiger charge is 2.05. The number of ether oxygens (including phenoxy) is 1. The van der Waals surface area contributed by atoms with Gasteiger partial charge in [0.15, 0.2) is 0 Å². The summed E-state index contributed by atoms with van der Waals surface area (Å²) in [7, 11) is 0. The minimum absolute atomic E-state index is 0.110.